The summed E-state index contributed by atoms with van der Waals surface area (Å²) in [6.45, 7) is 0.950. The number of rotatable bonds is 4. The maximum absolute atomic E-state index is 11.1. The molecule has 2 N–H and O–H groups in total. The van der Waals surface area contributed by atoms with Gasteiger partial charge in [0.15, 0.2) is 0 Å². The Labute approximate surface area is 102 Å². The molecule has 86 valence electrons. The summed E-state index contributed by atoms with van der Waals surface area (Å²) < 4.78 is 5.95. The van der Waals surface area contributed by atoms with Gasteiger partial charge in [0.25, 0.3) is 0 Å². The Morgan fingerprint density at radius 2 is 2.31 bits per heavy atom. The number of hydrogen-bond donors (Lipinski definition) is 2. The van der Waals surface area contributed by atoms with Crippen LogP contribution >= 0.6 is 15.9 Å². The Balaban J connectivity index is 1.99. The van der Waals surface area contributed by atoms with Crippen molar-refractivity contribution in [3.8, 4) is 0 Å². The van der Waals surface area contributed by atoms with Crippen molar-refractivity contribution in [3.63, 3.8) is 0 Å². The van der Waals surface area contributed by atoms with E-state index in [1.807, 2.05) is 24.3 Å². The first-order chi connectivity index (χ1) is 7.62. The van der Waals surface area contributed by atoms with Gasteiger partial charge in [-0.25, -0.2) is 0 Å². The molecule has 2 rings (SSSR count). The molecule has 0 radical (unpaired) electrons. The largest absolute Gasteiger partial charge is 0.481 e. The highest BCUT2D eigenvalue weighted by Crippen LogP contribution is 2.28. The molecule has 16 heavy (non-hydrogen) atoms. The number of carbonyl (C=O) groups is 1. The lowest BCUT2D eigenvalue weighted by molar-refractivity contribution is -0.176. The number of nitrogens with one attached hydrogen (secondary N) is 1. The van der Waals surface area contributed by atoms with E-state index in [9.17, 15) is 4.79 Å². The van der Waals surface area contributed by atoms with Crippen LogP contribution < -0.4 is 5.32 Å². The van der Waals surface area contributed by atoms with Gasteiger partial charge in [-0.2, -0.15) is 0 Å². The topological polar surface area (TPSA) is 58.6 Å². The molecule has 1 heterocycles. The third kappa shape index (κ3) is 2.20. The van der Waals surface area contributed by atoms with E-state index < -0.39 is 11.4 Å². The average molecular weight is 286 g/mol. The minimum absolute atomic E-state index is 0.281. The first-order valence-electron chi connectivity index (χ1n) is 4.93. The second kappa shape index (κ2) is 4.43. The Kier molecular flexibility index (Phi) is 3.16. The van der Waals surface area contributed by atoms with Crippen molar-refractivity contribution in [2.75, 3.05) is 25.1 Å². The molecule has 5 heteroatoms. The second-order valence-electron chi connectivity index (χ2n) is 3.94. The van der Waals surface area contributed by atoms with Gasteiger partial charge in [-0.15, -0.1) is 0 Å². The number of carboxylic acids is 1. The van der Waals surface area contributed by atoms with Crippen LogP contribution in [0.4, 0.5) is 5.69 Å². The van der Waals surface area contributed by atoms with Crippen LogP contribution in [-0.2, 0) is 9.53 Å². The van der Waals surface area contributed by atoms with Crippen LogP contribution in [0.2, 0.25) is 0 Å². The van der Waals surface area contributed by atoms with E-state index in [0.717, 1.165) is 10.2 Å². The van der Waals surface area contributed by atoms with Crippen LogP contribution in [0.1, 0.15) is 0 Å². The highest BCUT2D eigenvalue weighted by atomic mass is 79.9. The van der Waals surface area contributed by atoms with Crippen molar-refractivity contribution in [1.82, 2.24) is 0 Å². The summed E-state index contributed by atoms with van der Waals surface area (Å²) in [7, 11) is 0. The van der Waals surface area contributed by atoms with Crippen molar-refractivity contribution in [2.45, 2.75) is 0 Å². The van der Waals surface area contributed by atoms with Crippen molar-refractivity contribution in [2.24, 2.45) is 5.41 Å². The quantitative estimate of drug-likeness (QED) is 0.888. The van der Waals surface area contributed by atoms with Gasteiger partial charge >= 0.3 is 5.97 Å². The highest BCUT2D eigenvalue weighted by molar-refractivity contribution is 9.10. The molecule has 0 atom stereocenters. The zero-order valence-corrected chi connectivity index (χ0v) is 10.2. The van der Waals surface area contributed by atoms with Crippen molar-refractivity contribution >= 4 is 27.6 Å². The van der Waals surface area contributed by atoms with E-state index in [2.05, 4.69) is 21.2 Å². The van der Waals surface area contributed by atoms with Crippen molar-refractivity contribution < 1.29 is 14.6 Å². The van der Waals surface area contributed by atoms with Crippen molar-refractivity contribution in [1.29, 1.82) is 0 Å². The SMILES string of the molecule is O=C(O)C1(CNc2cccc(Br)c2)COC1. The summed E-state index contributed by atoms with van der Waals surface area (Å²) in [5.41, 5.74) is 0.143. The molecule has 0 amide bonds. The number of ether oxygens (including phenoxy) is 1. The predicted molar refractivity (Wildman–Crippen MR) is 63.5 cm³/mol. The second-order valence-corrected chi connectivity index (χ2v) is 4.86. The van der Waals surface area contributed by atoms with E-state index in [1.54, 1.807) is 0 Å². The van der Waals surface area contributed by atoms with Gasteiger partial charge in [0.2, 0.25) is 0 Å². The monoisotopic (exact) mass is 285 g/mol. The fourth-order valence-electron chi connectivity index (χ4n) is 1.52. The van der Waals surface area contributed by atoms with E-state index in [0.29, 0.717) is 6.54 Å². The van der Waals surface area contributed by atoms with Crippen LogP contribution in [0.3, 0.4) is 0 Å². The van der Waals surface area contributed by atoms with Crippen LogP contribution in [-0.4, -0.2) is 30.8 Å². The summed E-state index contributed by atoms with van der Waals surface area (Å²) in [4.78, 5) is 11.1. The maximum atomic E-state index is 11.1. The highest BCUT2D eigenvalue weighted by Gasteiger charge is 2.46. The summed E-state index contributed by atoms with van der Waals surface area (Å²) in [6, 6.07) is 7.64. The Morgan fingerprint density at radius 1 is 1.56 bits per heavy atom. The molecule has 4 nitrogen and oxygen atoms in total. The molecule has 1 aliphatic heterocycles. The summed E-state index contributed by atoms with van der Waals surface area (Å²) in [5, 5.41) is 12.2. The molecule has 1 aliphatic rings. The fraction of sp³-hybridized carbons (Fsp3) is 0.364. The molecular formula is C11H12BrNO3. The standard InChI is InChI=1S/C11H12BrNO3/c12-8-2-1-3-9(4-8)13-5-11(10(14)15)6-16-7-11/h1-4,13H,5-7H2,(H,14,15). The predicted octanol–water partition coefficient (Wildman–Crippen LogP) is 1.96. The van der Waals surface area contributed by atoms with E-state index >= 15 is 0 Å². The first kappa shape index (κ1) is 11.4. The van der Waals surface area contributed by atoms with E-state index in [1.165, 1.54) is 0 Å². The van der Waals surface area contributed by atoms with Crippen LogP contribution in [0.15, 0.2) is 28.7 Å². The van der Waals surface area contributed by atoms with Gasteiger partial charge in [0.1, 0.15) is 5.41 Å². The molecule has 1 aromatic carbocycles. The van der Waals surface area contributed by atoms with Crippen LogP contribution in [0.25, 0.3) is 0 Å². The van der Waals surface area contributed by atoms with Crippen LogP contribution in [0, 0.1) is 5.41 Å². The smallest absolute Gasteiger partial charge is 0.316 e. The van der Waals surface area contributed by atoms with Gasteiger partial charge < -0.3 is 15.2 Å². The molecule has 0 aliphatic carbocycles. The molecule has 0 saturated carbocycles. The summed E-state index contributed by atoms with van der Waals surface area (Å²) >= 11 is 3.36. The molecule has 1 fully saturated rings. The zero-order valence-electron chi connectivity index (χ0n) is 8.57. The minimum Gasteiger partial charge on any atom is -0.481 e. The number of anilines is 1. The van der Waals surface area contributed by atoms with E-state index in [4.69, 9.17) is 9.84 Å². The van der Waals surface area contributed by atoms with E-state index in [-0.39, 0.29) is 13.2 Å². The fourth-order valence-corrected chi connectivity index (χ4v) is 1.92. The van der Waals surface area contributed by atoms with Gasteiger partial charge in [0, 0.05) is 16.7 Å². The Morgan fingerprint density at radius 3 is 2.81 bits per heavy atom. The Bertz CT molecular complexity index is 404. The lowest BCUT2D eigenvalue weighted by atomic mass is 9.86. The molecule has 0 aromatic heterocycles. The molecule has 0 spiro atoms. The number of benzene rings is 1. The van der Waals surface area contributed by atoms with Gasteiger partial charge in [-0.1, -0.05) is 22.0 Å². The lowest BCUT2D eigenvalue weighted by Crippen LogP contribution is -2.53. The third-order valence-electron chi connectivity index (χ3n) is 2.67. The normalized spacial score (nSPS) is 17.6. The average Bonchev–Trinajstić information content (AvgIpc) is 2.15. The number of hydrogen-bond acceptors (Lipinski definition) is 3. The van der Waals surface area contributed by atoms with Crippen molar-refractivity contribution in [3.05, 3.63) is 28.7 Å². The van der Waals surface area contributed by atoms with Gasteiger partial charge in [-0.05, 0) is 18.2 Å². The minimum atomic E-state index is -0.804. The number of carboxylic acid groups (broad SMARTS) is 1. The summed E-state index contributed by atoms with van der Waals surface area (Å²) in [6.07, 6.45) is 0. The number of aliphatic carboxylic acids is 1. The first-order valence-corrected chi connectivity index (χ1v) is 5.72. The molecule has 1 saturated heterocycles. The van der Waals surface area contributed by atoms with Gasteiger partial charge in [0.05, 0.1) is 13.2 Å². The molecule has 0 bridgehead atoms. The molecule has 1 aromatic rings. The zero-order chi connectivity index (χ0) is 11.6. The number of halogens is 1. The molecular weight excluding hydrogens is 274 g/mol. The maximum Gasteiger partial charge on any atom is 0.316 e. The third-order valence-corrected chi connectivity index (χ3v) is 3.16. The van der Waals surface area contributed by atoms with Crippen LogP contribution in [0.5, 0.6) is 0 Å². The molecule has 0 unspecified atom stereocenters. The Hall–Kier alpha value is -1.07. The van der Waals surface area contributed by atoms with Gasteiger partial charge in [-0.3, -0.25) is 4.79 Å². The lowest BCUT2D eigenvalue weighted by Gasteiger charge is -2.37. The summed E-state index contributed by atoms with van der Waals surface area (Å²) in [5.74, 6) is -0.804.